The highest BCUT2D eigenvalue weighted by Gasteiger charge is 2.22. The van der Waals surface area contributed by atoms with Crippen molar-refractivity contribution in [2.45, 2.75) is 38.8 Å². The molecule has 2 saturated heterocycles. The maximum absolute atomic E-state index is 12.3. The zero-order valence-corrected chi connectivity index (χ0v) is 18.4. The predicted molar refractivity (Wildman–Crippen MR) is 121 cm³/mol. The Kier molecular flexibility index (Phi) is 7.14. The molecule has 0 saturated carbocycles. The van der Waals surface area contributed by atoms with Crippen molar-refractivity contribution in [2.75, 3.05) is 51.3 Å². The largest absolute Gasteiger partial charge is 0.507 e. The minimum Gasteiger partial charge on any atom is -0.507 e. The Hall–Kier alpha value is -2.51. The Bertz CT molecular complexity index is 896. The van der Waals surface area contributed by atoms with Crippen LogP contribution in [-0.2, 0) is 13.1 Å². The summed E-state index contributed by atoms with van der Waals surface area (Å²) in [4.78, 5) is 19.2. The third kappa shape index (κ3) is 5.40. The van der Waals surface area contributed by atoms with Crippen molar-refractivity contribution in [1.29, 1.82) is 0 Å². The number of benzene rings is 1. The fraction of sp³-hybridized carbons (Fsp3) is 0.542. The molecule has 31 heavy (non-hydrogen) atoms. The van der Waals surface area contributed by atoms with Gasteiger partial charge in [0.25, 0.3) is 0 Å². The number of hydrogen-bond acceptors (Lipinski definition) is 7. The lowest BCUT2D eigenvalue weighted by Gasteiger charge is -2.36. The number of methoxy groups -OCH3 is 1. The van der Waals surface area contributed by atoms with E-state index < -0.39 is 5.63 Å². The van der Waals surface area contributed by atoms with Gasteiger partial charge in [-0.05, 0) is 50.2 Å². The zero-order chi connectivity index (χ0) is 21.6. The molecular weight excluding hydrogens is 394 g/mol. The van der Waals surface area contributed by atoms with Gasteiger partial charge in [0.2, 0.25) is 0 Å². The first-order chi connectivity index (χ1) is 15.1. The summed E-state index contributed by atoms with van der Waals surface area (Å²) >= 11 is 0. The van der Waals surface area contributed by atoms with E-state index in [2.05, 4.69) is 26.8 Å². The monoisotopic (exact) mass is 427 g/mol. The van der Waals surface area contributed by atoms with E-state index in [-0.39, 0.29) is 5.75 Å². The highest BCUT2D eigenvalue weighted by atomic mass is 16.5. The molecule has 0 radical (unpaired) electrons. The van der Waals surface area contributed by atoms with Gasteiger partial charge in [0.15, 0.2) is 0 Å². The van der Waals surface area contributed by atoms with E-state index >= 15 is 0 Å². The molecule has 0 aliphatic carbocycles. The first-order valence-corrected chi connectivity index (χ1v) is 11.3. The number of rotatable bonds is 6. The first-order valence-electron chi connectivity index (χ1n) is 11.3. The summed E-state index contributed by atoms with van der Waals surface area (Å²) in [5.41, 5.74) is 1.86. The maximum atomic E-state index is 12.3. The van der Waals surface area contributed by atoms with E-state index in [0.717, 1.165) is 57.9 Å². The van der Waals surface area contributed by atoms with Gasteiger partial charge in [0, 0.05) is 50.5 Å². The number of aromatic hydroxyl groups is 1. The fourth-order valence-corrected chi connectivity index (χ4v) is 4.51. The summed E-state index contributed by atoms with van der Waals surface area (Å²) in [5.74, 6) is 0.970. The van der Waals surface area contributed by atoms with Crippen LogP contribution in [0, 0.1) is 0 Å². The highest BCUT2D eigenvalue weighted by molar-refractivity contribution is 5.49. The standard InChI is InChI=1S/C24H33N3O4/c1-30-21-8-6-20(7-9-21)27-14-12-26(13-15-27)16-19-18-31-24(29)22(23(19)28)17-25-10-4-2-3-5-11-25/h6-9,18,28H,2-5,10-17H2,1H3. The number of nitrogens with zero attached hydrogens (tertiary/aromatic N) is 3. The van der Waals surface area contributed by atoms with Crippen LogP contribution >= 0.6 is 0 Å². The van der Waals surface area contributed by atoms with Crippen LogP contribution in [0.2, 0.25) is 0 Å². The third-order valence-electron chi connectivity index (χ3n) is 6.43. The molecule has 7 heteroatoms. The molecule has 3 heterocycles. The average Bonchev–Trinajstić information content (AvgIpc) is 3.08. The number of anilines is 1. The third-order valence-corrected chi connectivity index (χ3v) is 6.43. The van der Waals surface area contributed by atoms with Crippen LogP contribution in [0.25, 0.3) is 0 Å². The summed E-state index contributed by atoms with van der Waals surface area (Å²) in [6.07, 6.45) is 6.19. The number of ether oxygens (including phenoxy) is 1. The maximum Gasteiger partial charge on any atom is 0.343 e. The van der Waals surface area contributed by atoms with E-state index in [1.54, 1.807) is 7.11 Å². The molecule has 0 unspecified atom stereocenters. The van der Waals surface area contributed by atoms with Crippen molar-refractivity contribution in [3.8, 4) is 11.5 Å². The summed E-state index contributed by atoms with van der Waals surface area (Å²) in [5, 5.41) is 10.8. The topological polar surface area (TPSA) is 69.4 Å². The van der Waals surface area contributed by atoms with Crippen molar-refractivity contribution < 1.29 is 14.3 Å². The van der Waals surface area contributed by atoms with E-state index in [1.165, 1.54) is 24.8 Å². The minimum absolute atomic E-state index is 0.109. The van der Waals surface area contributed by atoms with Gasteiger partial charge in [-0.1, -0.05) is 12.8 Å². The smallest absolute Gasteiger partial charge is 0.343 e. The van der Waals surface area contributed by atoms with Crippen LogP contribution in [0.3, 0.4) is 0 Å². The van der Waals surface area contributed by atoms with Gasteiger partial charge in [-0.3, -0.25) is 9.80 Å². The highest BCUT2D eigenvalue weighted by Crippen LogP contribution is 2.25. The molecule has 7 nitrogen and oxygen atoms in total. The quantitative estimate of drug-likeness (QED) is 0.760. The summed E-state index contributed by atoms with van der Waals surface area (Å²) in [6, 6.07) is 8.14. The second-order valence-corrected chi connectivity index (χ2v) is 8.53. The van der Waals surface area contributed by atoms with E-state index in [0.29, 0.717) is 24.2 Å². The lowest BCUT2D eigenvalue weighted by molar-refractivity contribution is 0.239. The average molecular weight is 428 g/mol. The van der Waals surface area contributed by atoms with Crippen molar-refractivity contribution in [2.24, 2.45) is 0 Å². The van der Waals surface area contributed by atoms with E-state index in [4.69, 9.17) is 9.15 Å². The second kappa shape index (κ2) is 10.2. The van der Waals surface area contributed by atoms with Gasteiger partial charge < -0.3 is 19.2 Å². The van der Waals surface area contributed by atoms with E-state index in [1.807, 2.05) is 12.1 Å². The predicted octanol–water partition coefficient (Wildman–Crippen LogP) is 3.05. The number of likely N-dealkylation sites (tertiary alicyclic amines) is 1. The van der Waals surface area contributed by atoms with Crippen molar-refractivity contribution in [3.05, 3.63) is 52.1 Å². The molecule has 2 aliphatic rings. The van der Waals surface area contributed by atoms with Crippen LogP contribution in [-0.4, -0.2) is 61.3 Å². The molecule has 168 valence electrons. The SMILES string of the molecule is COc1ccc(N2CCN(Cc3coc(=O)c(CN4CCCCCC4)c3O)CC2)cc1. The summed E-state index contributed by atoms with van der Waals surface area (Å²) in [6.45, 7) is 6.56. The molecular formula is C24H33N3O4. The number of hydrogen-bond donors (Lipinski definition) is 1. The van der Waals surface area contributed by atoms with Gasteiger partial charge in [0.1, 0.15) is 17.8 Å². The lowest BCUT2D eigenvalue weighted by Crippen LogP contribution is -2.46. The Morgan fingerprint density at radius 2 is 1.55 bits per heavy atom. The summed E-state index contributed by atoms with van der Waals surface area (Å²) < 4.78 is 10.5. The Morgan fingerprint density at radius 1 is 0.903 bits per heavy atom. The molecule has 1 N–H and O–H groups in total. The first kappa shape index (κ1) is 21.7. The van der Waals surface area contributed by atoms with Gasteiger partial charge >= 0.3 is 5.63 Å². The number of piperazine rings is 1. The van der Waals surface area contributed by atoms with Crippen LogP contribution in [0.5, 0.6) is 11.5 Å². The fourth-order valence-electron chi connectivity index (χ4n) is 4.51. The van der Waals surface area contributed by atoms with Gasteiger partial charge in [0.05, 0.1) is 12.7 Å². The molecule has 1 aromatic heterocycles. The molecule has 2 fully saturated rings. The van der Waals surface area contributed by atoms with Crippen molar-refractivity contribution in [1.82, 2.24) is 9.80 Å². The van der Waals surface area contributed by atoms with Crippen molar-refractivity contribution in [3.63, 3.8) is 0 Å². The van der Waals surface area contributed by atoms with Crippen LogP contribution in [0.15, 0.2) is 39.7 Å². The van der Waals surface area contributed by atoms with Gasteiger partial charge in [-0.15, -0.1) is 0 Å². The zero-order valence-electron chi connectivity index (χ0n) is 18.4. The molecule has 0 spiro atoms. The van der Waals surface area contributed by atoms with Gasteiger partial charge in [-0.25, -0.2) is 4.79 Å². The molecule has 0 atom stereocenters. The Balaban J connectivity index is 1.37. The van der Waals surface area contributed by atoms with Crippen LogP contribution in [0.1, 0.15) is 36.8 Å². The second-order valence-electron chi connectivity index (χ2n) is 8.53. The lowest BCUT2D eigenvalue weighted by atomic mass is 10.1. The molecule has 2 aromatic rings. The summed E-state index contributed by atoms with van der Waals surface area (Å²) in [7, 11) is 1.67. The Labute approximate surface area is 183 Å². The Morgan fingerprint density at radius 3 is 2.19 bits per heavy atom. The van der Waals surface area contributed by atoms with Crippen molar-refractivity contribution >= 4 is 5.69 Å². The molecule has 0 amide bonds. The van der Waals surface area contributed by atoms with Gasteiger partial charge in [-0.2, -0.15) is 0 Å². The normalized spacial score (nSPS) is 18.7. The van der Waals surface area contributed by atoms with Crippen LogP contribution in [0.4, 0.5) is 5.69 Å². The molecule has 2 aliphatic heterocycles. The minimum atomic E-state index is -0.421. The molecule has 4 rings (SSSR count). The molecule has 1 aromatic carbocycles. The van der Waals surface area contributed by atoms with E-state index in [9.17, 15) is 9.90 Å². The van der Waals surface area contributed by atoms with Crippen LogP contribution < -0.4 is 15.3 Å². The molecule has 0 bridgehead atoms.